The van der Waals surface area contributed by atoms with Crippen LogP contribution in [0.15, 0.2) is 35.5 Å². The Morgan fingerprint density at radius 1 is 1.29 bits per heavy atom. The fourth-order valence-electron chi connectivity index (χ4n) is 1.76. The van der Waals surface area contributed by atoms with Crippen molar-refractivity contribution in [3.8, 4) is 0 Å². The molecule has 0 bridgehead atoms. The Labute approximate surface area is 83.7 Å². The van der Waals surface area contributed by atoms with E-state index in [4.69, 9.17) is 5.21 Å². The molecule has 1 aliphatic heterocycles. The van der Waals surface area contributed by atoms with Crippen molar-refractivity contribution in [2.45, 2.75) is 13.0 Å². The Hall–Kier alpha value is -1.35. The van der Waals surface area contributed by atoms with Crippen molar-refractivity contribution in [2.75, 3.05) is 13.1 Å². The highest BCUT2D eigenvalue weighted by Crippen LogP contribution is 2.10. The Bertz CT molecular complexity index is 321. The molecule has 1 fully saturated rings. The topological polar surface area (TPSA) is 35.8 Å². The second kappa shape index (κ2) is 4.24. The van der Waals surface area contributed by atoms with Gasteiger partial charge in [-0.15, -0.1) is 0 Å². The minimum atomic E-state index is 0.797. The summed E-state index contributed by atoms with van der Waals surface area (Å²) in [4.78, 5) is 2.28. The largest absolute Gasteiger partial charge is 0.411 e. The number of benzene rings is 1. The third kappa shape index (κ3) is 2.12. The van der Waals surface area contributed by atoms with Crippen molar-refractivity contribution in [2.24, 2.45) is 5.16 Å². The van der Waals surface area contributed by atoms with Gasteiger partial charge in [0.1, 0.15) is 0 Å². The molecule has 1 heterocycles. The molecule has 0 radical (unpaired) electrons. The summed E-state index contributed by atoms with van der Waals surface area (Å²) in [7, 11) is 0. The summed E-state index contributed by atoms with van der Waals surface area (Å²) in [6.07, 6.45) is 0.892. The van der Waals surface area contributed by atoms with E-state index < -0.39 is 0 Å². The molecule has 0 aromatic heterocycles. The second-order valence-electron chi connectivity index (χ2n) is 3.61. The van der Waals surface area contributed by atoms with Crippen LogP contribution in [0.3, 0.4) is 0 Å². The molecule has 1 saturated heterocycles. The minimum Gasteiger partial charge on any atom is -0.411 e. The van der Waals surface area contributed by atoms with Crippen LogP contribution < -0.4 is 0 Å². The van der Waals surface area contributed by atoms with Crippen molar-refractivity contribution in [1.29, 1.82) is 0 Å². The number of rotatable bonds is 2. The van der Waals surface area contributed by atoms with Gasteiger partial charge in [0.15, 0.2) is 0 Å². The van der Waals surface area contributed by atoms with Gasteiger partial charge in [0.05, 0.1) is 5.71 Å². The number of hydrogen-bond donors (Lipinski definition) is 1. The zero-order valence-electron chi connectivity index (χ0n) is 8.06. The number of oxime groups is 1. The highest BCUT2D eigenvalue weighted by Gasteiger charge is 2.17. The van der Waals surface area contributed by atoms with Gasteiger partial charge in [-0.1, -0.05) is 35.5 Å². The smallest absolute Gasteiger partial charge is 0.0723 e. The maximum atomic E-state index is 8.61. The standard InChI is InChI=1S/C11H14N2O/c14-12-11-6-7-13(9-11)8-10-4-2-1-3-5-10/h1-5,14H,6-9H2/b12-11-. The summed E-state index contributed by atoms with van der Waals surface area (Å²) in [6, 6.07) is 10.4. The van der Waals surface area contributed by atoms with Crippen molar-refractivity contribution < 1.29 is 5.21 Å². The van der Waals surface area contributed by atoms with Crippen LogP contribution in [0.2, 0.25) is 0 Å². The predicted octanol–water partition coefficient (Wildman–Crippen LogP) is 1.72. The zero-order chi connectivity index (χ0) is 9.80. The minimum absolute atomic E-state index is 0.797. The lowest BCUT2D eigenvalue weighted by Crippen LogP contribution is -2.19. The molecule has 2 rings (SSSR count). The van der Waals surface area contributed by atoms with Crippen LogP contribution in [-0.4, -0.2) is 28.9 Å². The highest BCUT2D eigenvalue weighted by atomic mass is 16.4. The molecule has 0 saturated carbocycles. The average molecular weight is 190 g/mol. The van der Waals surface area contributed by atoms with Gasteiger partial charge in [0.25, 0.3) is 0 Å². The molecule has 0 atom stereocenters. The van der Waals surface area contributed by atoms with Crippen molar-refractivity contribution >= 4 is 5.71 Å². The SMILES string of the molecule is O/N=C1/CCN(Cc2ccccc2)C1. The summed E-state index contributed by atoms with van der Waals surface area (Å²) < 4.78 is 0. The normalized spacial score (nSPS) is 20.4. The van der Waals surface area contributed by atoms with E-state index in [1.54, 1.807) is 0 Å². The van der Waals surface area contributed by atoms with Crippen LogP contribution in [0, 0.1) is 0 Å². The van der Waals surface area contributed by atoms with E-state index in [1.807, 2.05) is 18.2 Å². The third-order valence-electron chi connectivity index (χ3n) is 2.51. The van der Waals surface area contributed by atoms with E-state index in [0.29, 0.717) is 0 Å². The molecule has 0 unspecified atom stereocenters. The first-order valence-electron chi connectivity index (χ1n) is 4.84. The Morgan fingerprint density at radius 2 is 2.07 bits per heavy atom. The quantitative estimate of drug-likeness (QED) is 0.569. The molecular weight excluding hydrogens is 176 g/mol. The zero-order valence-corrected chi connectivity index (χ0v) is 8.06. The van der Waals surface area contributed by atoms with E-state index in [9.17, 15) is 0 Å². The monoisotopic (exact) mass is 190 g/mol. The molecule has 1 aromatic carbocycles. The molecule has 74 valence electrons. The van der Waals surface area contributed by atoms with Gasteiger partial charge in [0.2, 0.25) is 0 Å². The first-order valence-corrected chi connectivity index (χ1v) is 4.84. The van der Waals surface area contributed by atoms with Crippen LogP contribution in [0.5, 0.6) is 0 Å². The molecule has 14 heavy (non-hydrogen) atoms. The molecule has 0 aliphatic carbocycles. The highest BCUT2D eigenvalue weighted by molar-refractivity contribution is 5.87. The van der Waals surface area contributed by atoms with E-state index >= 15 is 0 Å². The van der Waals surface area contributed by atoms with Gasteiger partial charge in [-0.3, -0.25) is 4.90 Å². The fourth-order valence-corrected chi connectivity index (χ4v) is 1.76. The third-order valence-corrected chi connectivity index (χ3v) is 2.51. The maximum Gasteiger partial charge on any atom is 0.0723 e. The van der Waals surface area contributed by atoms with E-state index in [2.05, 4.69) is 22.2 Å². The van der Waals surface area contributed by atoms with E-state index in [-0.39, 0.29) is 0 Å². The Morgan fingerprint density at radius 3 is 2.71 bits per heavy atom. The average Bonchev–Trinajstić information content (AvgIpc) is 2.67. The summed E-state index contributed by atoms with van der Waals surface area (Å²) in [5.74, 6) is 0. The Kier molecular flexibility index (Phi) is 2.79. The molecular formula is C11H14N2O. The summed E-state index contributed by atoms with van der Waals surface area (Å²) in [5, 5.41) is 11.9. The van der Waals surface area contributed by atoms with Gasteiger partial charge in [-0.25, -0.2) is 0 Å². The molecule has 0 amide bonds. The van der Waals surface area contributed by atoms with Gasteiger partial charge in [-0.2, -0.15) is 0 Å². The predicted molar refractivity (Wildman–Crippen MR) is 55.6 cm³/mol. The van der Waals surface area contributed by atoms with Gasteiger partial charge >= 0.3 is 0 Å². The maximum absolute atomic E-state index is 8.61. The fraction of sp³-hybridized carbons (Fsp3) is 0.364. The number of likely N-dealkylation sites (tertiary alicyclic amines) is 1. The lowest BCUT2D eigenvalue weighted by Gasteiger charge is -2.13. The van der Waals surface area contributed by atoms with Crippen molar-refractivity contribution in [1.82, 2.24) is 4.90 Å². The van der Waals surface area contributed by atoms with Gasteiger partial charge < -0.3 is 5.21 Å². The van der Waals surface area contributed by atoms with Crippen LogP contribution in [-0.2, 0) is 6.54 Å². The first kappa shape index (κ1) is 9.21. The van der Waals surface area contributed by atoms with E-state index in [1.165, 1.54) is 5.56 Å². The lowest BCUT2D eigenvalue weighted by molar-refractivity contribution is 0.313. The van der Waals surface area contributed by atoms with Crippen LogP contribution in [0.1, 0.15) is 12.0 Å². The number of nitrogens with zero attached hydrogens (tertiary/aromatic N) is 2. The van der Waals surface area contributed by atoms with Crippen LogP contribution >= 0.6 is 0 Å². The number of hydrogen-bond acceptors (Lipinski definition) is 3. The molecule has 1 aliphatic rings. The van der Waals surface area contributed by atoms with E-state index in [0.717, 1.165) is 31.8 Å². The summed E-state index contributed by atoms with van der Waals surface area (Å²) in [5.41, 5.74) is 2.20. The Balaban J connectivity index is 1.94. The van der Waals surface area contributed by atoms with Crippen molar-refractivity contribution in [3.05, 3.63) is 35.9 Å². The summed E-state index contributed by atoms with van der Waals surface area (Å²) >= 11 is 0. The van der Waals surface area contributed by atoms with Gasteiger partial charge in [-0.05, 0) is 5.56 Å². The first-order chi connectivity index (χ1) is 6.88. The second-order valence-corrected chi connectivity index (χ2v) is 3.61. The molecule has 3 nitrogen and oxygen atoms in total. The molecule has 1 aromatic rings. The molecule has 0 spiro atoms. The van der Waals surface area contributed by atoms with Crippen molar-refractivity contribution in [3.63, 3.8) is 0 Å². The van der Waals surface area contributed by atoms with Crippen LogP contribution in [0.25, 0.3) is 0 Å². The lowest BCUT2D eigenvalue weighted by atomic mass is 10.2. The summed E-state index contributed by atoms with van der Waals surface area (Å²) in [6.45, 7) is 2.74. The molecule has 3 heteroatoms. The van der Waals surface area contributed by atoms with Gasteiger partial charge in [0, 0.05) is 26.1 Å². The molecule has 1 N–H and O–H groups in total. The van der Waals surface area contributed by atoms with Crippen LogP contribution in [0.4, 0.5) is 0 Å².